The van der Waals surface area contributed by atoms with Crippen molar-refractivity contribution in [3.05, 3.63) is 81.1 Å². The van der Waals surface area contributed by atoms with Gasteiger partial charge in [0.2, 0.25) is 0 Å². The van der Waals surface area contributed by atoms with Gasteiger partial charge in [0, 0.05) is 35.3 Å². The van der Waals surface area contributed by atoms with E-state index in [1.807, 2.05) is 22.1 Å². The largest absolute Gasteiger partial charge is 0.478 e. The van der Waals surface area contributed by atoms with Gasteiger partial charge in [0.1, 0.15) is 5.82 Å². The molecule has 0 fully saturated rings. The van der Waals surface area contributed by atoms with Gasteiger partial charge < -0.3 is 14.8 Å². The Morgan fingerprint density at radius 1 is 1.17 bits per heavy atom. The summed E-state index contributed by atoms with van der Waals surface area (Å²) >= 11 is 1.53. The predicted molar refractivity (Wildman–Crippen MR) is 117 cm³/mol. The van der Waals surface area contributed by atoms with Crippen molar-refractivity contribution in [1.82, 2.24) is 9.55 Å². The lowest BCUT2D eigenvalue weighted by Gasteiger charge is -2.12. The van der Waals surface area contributed by atoms with Gasteiger partial charge in [0.25, 0.3) is 0 Å². The molecule has 0 amide bonds. The number of carbonyl (C=O) groups is 2. The van der Waals surface area contributed by atoms with E-state index in [-0.39, 0.29) is 11.1 Å². The van der Waals surface area contributed by atoms with E-state index in [0.29, 0.717) is 18.8 Å². The summed E-state index contributed by atoms with van der Waals surface area (Å²) < 4.78 is 2.02. The van der Waals surface area contributed by atoms with E-state index in [9.17, 15) is 14.7 Å². The minimum Gasteiger partial charge on any atom is -0.478 e. The Hall–Kier alpha value is -3.19. The van der Waals surface area contributed by atoms with Crippen molar-refractivity contribution in [2.75, 3.05) is 0 Å². The number of hydrogen-bond donors (Lipinski definition) is 2. The average molecular weight is 425 g/mol. The molecule has 0 aliphatic rings. The predicted octanol–water partition coefficient (Wildman–Crippen LogP) is 4.74. The van der Waals surface area contributed by atoms with Gasteiger partial charge in [-0.1, -0.05) is 31.5 Å². The number of imidazole rings is 1. The first-order chi connectivity index (χ1) is 14.5. The number of thiophene rings is 1. The summed E-state index contributed by atoms with van der Waals surface area (Å²) in [6, 6.07) is 10.5. The zero-order valence-corrected chi connectivity index (χ0v) is 17.6. The number of aliphatic carboxylic acids is 1. The molecular formula is C23H24N2O4S. The number of rotatable bonds is 10. The first kappa shape index (κ1) is 21.5. The van der Waals surface area contributed by atoms with Gasteiger partial charge in [-0.05, 0) is 48.1 Å². The Balaban J connectivity index is 1.94. The standard InChI is InChI=1S/C23H24N2O4S/c1-2-3-5-19-14-24-21(13-18(23(28)29)12-20-6-4-11-30-20)25(19)15-16-7-9-17(10-8-16)22(26)27/h4,6-11,13-14H,2-3,5,12,15H2,1H3,(H,26,27)(H,28,29)/b18-13+. The molecule has 3 rings (SSSR count). The van der Waals surface area contributed by atoms with Crippen molar-refractivity contribution in [2.24, 2.45) is 0 Å². The zero-order chi connectivity index (χ0) is 21.5. The van der Waals surface area contributed by atoms with E-state index in [1.165, 1.54) is 11.3 Å². The van der Waals surface area contributed by atoms with Gasteiger partial charge in [-0.3, -0.25) is 0 Å². The molecule has 2 N–H and O–H groups in total. The number of hydrogen-bond acceptors (Lipinski definition) is 4. The van der Waals surface area contributed by atoms with Crippen LogP contribution in [0.25, 0.3) is 6.08 Å². The summed E-state index contributed by atoms with van der Waals surface area (Å²) in [7, 11) is 0. The molecule has 0 bridgehead atoms. The highest BCUT2D eigenvalue weighted by Crippen LogP contribution is 2.19. The highest BCUT2D eigenvalue weighted by molar-refractivity contribution is 7.09. The summed E-state index contributed by atoms with van der Waals surface area (Å²) in [6.45, 7) is 2.62. The normalized spacial score (nSPS) is 11.6. The fraction of sp³-hybridized carbons (Fsp3) is 0.261. The van der Waals surface area contributed by atoms with Crippen LogP contribution in [0.2, 0.25) is 0 Å². The molecule has 2 heterocycles. The summed E-state index contributed by atoms with van der Waals surface area (Å²) in [5.74, 6) is -1.33. The first-order valence-corrected chi connectivity index (χ1v) is 10.7. The van der Waals surface area contributed by atoms with Crippen molar-refractivity contribution in [2.45, 2.75) is 39.2 Å². The van der Waals surface area contributed by atoms with Crippen molar-refractivity contribution < 1.29 is 19.8 Å². The highest BCUT2D eigenvalue weighted by atomic mass is 32.1. The monoisotopic (exact) mass is 424 g/mol. The van der Waals surface area contributed by atoms with Crippen molar-refractivity contribution >= 4 is 29.4 Å². The van der Waals surface area contributed by atoms with E-state index in [4.69, 9.17) is 5.11 Å². The summed E-state index contributed by atoms with van der Waals surface area (Å²) in [5.41, 5.74) is 2.49. The molecule has 30 heavy (non-hydrogen) atoms. The molecule has 0 aliphatic carbocycles. The molecule has 0 atom stereocenters. The number of aryl methyl sites for hydroxylation is 1. The number of unbranched alkanes of at least 4 members (excludes halogenated alkanes) is 1. The topological polar surface area (TPSA) is 92.4 Å². The van der Waals surface area contributed by atoms with Gasteiger partial charge in [0.15, 0.2) is 0 Å². The van der Waals surface area contributed by atoms with Crippen LogP contribution in [0.1, 0.15) is 52.1 Å². The first-order valence-electron chi connectivity index (χ1n) is 9.80. The van der Waals surface area contributed by atoms with Crippen LogP contribution in [-0.2, 0) is 24.2 Å². The lowest BCUT2D eigenvalue weighted by Crippen LogP contribution is -2.09. The Kier molecular flexibility index (Phi) is 7.19. The van der Waals surface area contributed by atoms with E-state index < -0.39 is 11.9 Å². The van der Waals surface area contributed by atoms with Crippen LogP contribution in [0.15, 0.2) is 53.5 Å². The van der Waals surface area contributed by atoms with E-state index in [2.05, 4.69) is 11.9 Å². The molecule has 6 nitrogen and oxygen atoms in total. The van der Waals surface area contributed by atoms with Crippen molar-refractivity contribution in [3.8, 4) is 0 Å². The molecule has 2 aromatic heterocycles. The Labute approximate surface area is 179 Å². The molecule has 3 aromatic rings. The second kappa shape index (κ2) is 10.0. The Morgan fingerprint density at radius 3 is 2.53 bits per heavy atom. The molecule has 0 saturated heterocycles. The van der Waals surface area contributed by atoms with E-state index in [1.54, 1.807) is 36.5 Å². The minimum atomic E-state index is -0.962. The van der Waals surface area contributed by atoms with Crippen LogP contribution in [0.5, 0.6) is 0 Å². The van der Waals surface area contributed by atoms with Crippen LogP contribution in [0.3, 0.4) is 0 Å². The molecule has 0 spiro atoms. The van der Waals surface area contributed by atoms with Crippen LogP contribution < -0.4 is 0 Å². The molecule has 0 radical (unpaired) electrons. The number of benzene rings is 1. The lowest BCUT2D eigenvalue weighted by molar-refractivity contribution is -0.132. The number of aromatic carboxylic acids is 1. The van der Waals surface area contributed by atoms with Crippen LogP contribution in [-0.4, -0.2) is 31.7 Å². The molecule has 0 unspecified atom stereocenters. The Morgan fingerprint density at radius 2 is 1.93 bits per heavy atom. The number of nitrogens with zero attached hydrogens (tertiary/aromatic N) is 2. The maximum absolute atomic E-state index is 11.8. The highest BCUT2D eigenvalue weighted by Gasteiger charge is 2.14. The summed E-state index contributed by atoms with van der Waals surface area (Å²) in [6.07, 6.45) is 6.69. The third-order valence-electron chi connectivity index (χ3n) is 4.82. The van der Waals surface area contributed by atoms with Crippen molar-refractivity contribution in [1.29, 1.82) is 0 Å². The van der Waals surface area contributed by atoms with E-state index >= 15 is 0 Å². The van der Waals surface area contributed by atoms with Gasteiger partial charge in [0.05, 0.1) is 5.56 Å². The summed E-state index contributed by atoms with van der Waals surface area (Å²) in [4.78, 5) is 28.4. The van der Waals surface area contributed by atoms with Gasteiger partial charge in [-0.2, -0.15) is 0 Å². The van der Waals surface area contributed by atoms with Crippen LogP contribution in [0.4, 0.5) is 0 Å². The smallest absolute Gasteiger partial charge is 0.335 e. The molecule has 7 heteroatoms. The molecule has 1 aromatic carbocycles. The van der Waals surface area contributed by atoms with E-state index in [0.717, 1.165) is 35.4 Å². The maximum Gasteiger partial charge on any atom is 0.335 e. The minimum absolute atomic E-state index is 0.236. The molecular weight excluding hydrogens is 400 g/mol. The number of aromatic nitrogens is 2. The second-order valence-corrected chi connectivity index (χ2v) is 8.06. The fourth-order valence-electron chi connectivity index (χ4n) is 3.16. The van der Waals surface area contributed by atoms with Gasteiger partial charge in [-0.15, -0.1) is 11.3 Å². The van der Waals surface area contributed by atoms with Crippen LogP contribution >= 0.6 is 11.3 Å². The third-order valence-corrected chi connectivity index (χ3v) is 5.70. The van der Waals surface area contributed by atoms with Crippen LogP contribution in [0, 0.1) is 0 Å². The lowest BCUT2D eigenvalue weighted by atomic mass is 10.1. The van der Waals surface area contributed by atoms with Crippen molar-refractivity contribution in [3.63, 3.8) is 0 Å². The Bertz CT molecular complexity index is 1030. The quantitative estimate of drug-likeness (QED) is 0.459. The molecule has 0 aliphatic heterocycles. The number of carboxylic acids is 2. The average Bonchev–Trinajstić information content (AvgIpc) is 3.37. The summed E-state index contributed by atoms with van der Waals surface area (Å²) in [5, 5.41) is 20.7. The fourth-order valence-corrected chi connectivity index (χ4v) is 3.89. The molecule has 0 saturated carbocycles. The van der Waals surface area contributed by atoms with Gasteiger partial charge >= 0.3 is 11.9 Å². The third kappa shape index (κ3) is 5.45. The maximum atomic E-state index is 11.8. The van der Waals surface area contributed by atoms with Gasteiger partial charge in [-0.25, -0.2) is 14.6 Å². The zero-order valence-electron chi connectivity index (χ0n) is 16.7. The molecule has 156 valence electrons. The number of carboxylic acid groups (broad SMARTS) is 2. The SMILES string of the molecule is CCCCc1cnc(/C=C(\Cc2cccs2)C(=O)O)n1Cc1ccc(C(=O)O)cc1. The second-order valence-electron chi connectivity index (χ2n) is 7.03.